The number of fused-ring (bicyclic) bond motifs is 2. The lowest BCUT2D eigenvalue weighted by molar-refractivity contribution is 0.138. The van der Waals surface area contributed by atoms with Crippen molar-refractivity contribution in [2.24, 2.45) is 17.8 Å². The van der Waals surface area contributed by atoms with Crippen LogP contribution in [0.2, 0.25) is 0 Å². The first kappa shape index (κ1) is 13.6. The summed E-state index contributed by atoms with van der Waals surface area (Å²) in [6, 6.07) is 7.45. The highest BCUT2D eigenvalue weighted by molar-refractivity contribution is 5.43. The lowest BCUT2D eigenvalue weighted by atomic mass is 9.93. The smallest absolute Gasteiger partial charge is 0.123 e. The van der Waals surface area contributed by atoms with Gasteiger partial charge in [-0.1, -0.05) is 25.5 Å². The summed E-state index contributed by atoms with van der Waals surface area (Å²) < 4.78 is 6.02. The Morgan fingerprint density at radius 1 is 1.29 bits per heavy atom. The van der Waals surface area contributed by atoms with Crippen molar-refractivity contribution in [3.63, 3.8) is 0 Å². The fraction of sp³-hybridized carbons (Fsp3) is 0.684. The second-order valence-electron chi connectivity index (χ2n) is 7.78. The van der Waals surface area contributed by atoms with E-state index in [-0.39, 0.29) is 5.60 Å². The fourth-order valence-electron chi connectivity index (χ4n) is 4.89. The molecule has 3 aliphatic rings. The zero-order valence-corrected chi connectivity index (χ0v) is 13.5. The van der Waals surface area contributed by atoms with E-state index in [4.69, 9.17) is 4.74 Å². The van der Waals surface area contributed by atoms with Gasteiger partial charge in [0.2, 0.25) is 0 Å². The van der Waals surface area contributed by atoms with Crippen molar-refractivity contribution >= 4 is 0 Å². The highest BCUT2D eigenvalue weighted by Gasteiger charge is 2.55. The van der Waals surface area contributed by atoms with Crippen LogP contribution in [0.1, 0.15) is 57.2 Å². The van der Waals surface area contributed by atoms with E-state index in [0.717, 1.165) is 36.5 Å². The highest BCUT2D eigenvalue weighted by Crippen LogP contribution is 2.62. The van der Waals surface area contributed by atoms with E-state index < -0.39 is 0 Å². The van der Waals surface area contributed by atoms with E-state index in [0.29, 0.717) is 6.04 Å². The van der Waals surface area contributed by atoms with Crippen LogP contribution in [0.25, 0.3) is 0 Å². The standard InChI is InChI=1S/C19H27NO/c1-4-20-18(17-14-6-5-7-15(14)17)12-8-9-16-13(10-12)11-19(2,3)21-16/h8-10,14-15,17-18,20H,4-7,11H2,1-3H3. The molecule has 1 N–H and O–H groups in total. The Balaban J connectivity index is 1.60. The lowest BCUT2D eigenvalue weighted by Crippen LogP contribution is -2.25. The van der Waals surface area contributed by atoms with Gasteiger partial charge in [0.15, 0.2) is 0 Å². The van der Waals surface area contributed by atoms with E-state index in [1.807, 2.05) is 0 Å². The van der Waals surface area contributed by atoms with Gasteiger partial charge in [0.1, 0.15) is 11.4 Å². The highest BCUT2D eigenvalue weighted by atomic mass is 16.5. The van der Waals surface area contributed by atoms with Gasteiger partial charge in [-0.3, -0.25) is 0 Å². The molecule has 4 rings (SSSR count). The first-order valence-electron chi connectivity index (χ1n) is 8.64. The summed E-state index contributed by atoms with van der Waals surface area (Å²) in [5, 5.41) is 3.76. The predicted molar refractivity (Wildman–Crippen MR) is 85.6 cm³/mol. The van der Waals surface area contributed by atoms with Crippen LogP contribution in [0.5, 0.6) is 5.75 Å². The second-order valence-corrected chi connectivity index (χ2v) is 7.78. The van der Waals surface area contributed by atoms with Gasteiger partial charge < -0.3 is 10.1 Å². The molecule has 3 unspecified atom stereocenters. The maximum atomic E-state index is 6.02. The zero-order valence-electron chi connectivity index (χ0n) is 13.5. The Morgan fingerprint density at radius 3 is 2.76 bits per heavy atom. The van der Waals surface area contributed by atoms with Gasteiger partial charge in [0.25, 0.3) is 0 Å². The Morgan fingerprint density at radius 2 is 2.05 bits per heavy atom. The Hall–Kier alpha value is -1.02. The monoisotopic (exact) mass is 285 g/mol. The second kappa shape index (κ2) is 4.74. The van der Waals surface area contributed by atoms with Gasteiger partial charge in [0.05, 0.1) is 0 Å². The third-order valence-corrected chi connectivity index (χ3v) is 5.73. The van der Waals surface area contributed by atoms with Crippen molar-refractivity contribution in [3.05, 3.63) is 29.3 Å². The molecule has 1 aromatic rings. The Kier molecular flexibility index (Phi) is 3.08. The average molecular weight is 285 g/mol. The molecule has 0 spiro atoms. The van der Waals surface area contributed by atoms with E-state index in [1.54, 1.807) is 0 Å². The third kappa shape index (κ3) is 2.28. The molecule has 114 valence electrons. The van der Waals surface area contributed by atoms with Crippen molar-refractivity contribution in [2.75, 3.05) is 6.54 Å². The van der Waals surface area contributed by atoms with Crippen LogP contribution in [-0.4, -0.2) is 12.1 Å². The van der Waals surface area contributed by atoms with E-state index in [1.165, 1.54) is 30.4 Å². The molecule has 0 saturated heterocycles. The maximum Gasteiger partial charge on any atom is 0.123 e. The molecular weight excluding hydrogens is 258 g/mol. The minimum Gasteiger partial charge on any atom is -0.487 e. The van der Waals surface area contributed by atoms with Crippen molar-refractivity contribution in [1.29, 1.82) is 0 Å². The van der Waals surface area contributed by atoms with Gasteiger partial charge in [-0.15, -0.1) is 0 Å². The quantitative estimate of drug-likeness (QED) is 0.899. The molecule has 2 nitrogen and oxygen atoms in total. The SMILES string of the molecule is CCNC(c1ccc2c(c1)CC(C)(C)O2)C1C2CCCC21. The van der Waals surface area contributed by atoms with Crippen LogP contribution in [0.15, 0.2) is 18.2 Å². The molecule has 1 aliphatic heterocycles. The Labute approximate surface area is 128 Å². The fourth-order valence-corrected chi connectivity index (χ4v) is 4.89. The molecule has 2 fully saturated rings. The maximum absolute atomic E-state index is 6.02. The summed E-state index contributed by atoms with van der Waals surface area (Å²) in [5.74, 6) is 3.96. The molecule has 0 radical (unpaired) electrons. The number of benzene rings is 1. The van der Waals surface area contributed by atoms with Gasteiger partial charge >= 0.3 is 0 Å². The molecule has 2 aliphatic carbocycles. The summed E-state index contributed by atoms with van der Waals surface area (Å²) >= 11 is 0. The van der Waals surface area contributed by atoms with Crippen molar-refractivity contribution < 1.29 is 4.74 Å². The summed E-state index contributed by atoms with van der Waals surface area (Å²) in [6.45, 7) is 7.64. The van der Waals surface area contributed by atoms with E-state index in [2.05, 4.69) is 44.3 Å². The minimum atomic E-state index is -0.0370. The largest absolute Gasteiger partial charge is 0.487 e. The van der Waals surface area contributed by atoms with Crippen molar-refractivity contribution in [2.45, 2.75) is 58.1 Å². The predicted octanol–water partition coefficient (Wildman–Crippen LogP) is 4.10. The van der Waals surface area contributed by atoms with Crippen LogP contribution >= 0.6 is 0 Å². The number of hydrogen-bond acceptors (Lipinski definition) is 2. The van der Waals surface area contributed by atoms with Gasteiger partial charge in [-0.05, 0) is 68.2 Å². The van der Waals surface area contributed by atoms with Crippen molar-refractivity contribution in [1.82, 2.24) is 5.32 Å². The van der Waals surface area contributed by atoms with Gasteiger partial charge in [-0.25, -0.2) is 0 Å². The van der Waals surface area contributed by atoms with E-state index in [9.17, 15) is 0 Å². The van der Waals surface area contributed by atoms with Gasteiger partial charge in [0, 0.05) is 12.5 Å². The first-order chi connectivity index (χ1) is 10.1. The van der Waals surface area contributed by atoms with Gasteiger partial charge in [-0.2, -0.15) is 0 Å². The van der Waals surface area contributed by atoms with Crippen LogP contribution in [0.4, 0.5) is 0 Å². The third-order valence-electron chi connectivity index (χ3n) is 5.73. The summed E-state index contributed by atoms with van der Waals surface area (Å²) in [6.07, 6.45) is 5.40. The molecule has 0 amide bonds. The molecule has 21 heavy (non-hydrogen) atoms. The molecule has 2 heteroatoms. The zero-order chi connectivity index (χ0) is 14.6. The summed E-state index contributed by atoms with van der Waals surface area (Å²) in [7, 11) is 0. The molecule has 3 atom stereocenters. The number of ether oxygens (including phenoxy) is 1. The topological polar surface area (TPSA) is 21.3 Å². The summed E-state index contributed by atoms with van der Waals surface area (Å²) in [5.41, 5.74) is 2.84. The molecule has 1 heterocycles. The average Bonchev–Trinajstić information content (AvgIpc) is 2.80. The molecule has 0 aromatic heterocycles. The molecule has 0 bridgehead atoms. The van der Waals surface area contributed by atoms with Crippen LogP contribution in [0, 0.1) is 17.8 Å². The van der Waals surface area contributed by atoms with E-state index >= 15 is 0 Å². The number of nitrogens with one attached hydrogen (secondary N) is 1. The Bertz CT molecular complexity index is 540. The lowest BCUT2D eigenvalue weighted by Gasteiger charge is -2.21. The summed E-state index contributed by atoms with van der Waals surface area (Å²) in [4.78, 5) is 0. The van der Waals surface area contributed by atoms with Crippen molar-refractivity contribution in [3.8, 4) is 5.75 Å². The van der Waals surface area contributed by atoms with Crippen LogP contribution < -0.4 is 10.1 Å². The number of hydrogen-bond donors (Lipinski definition) is 1. The molecule has 2 saturated carbocycles. The normalized spacial score (nSPS) is 33.2. The van der Waals surface area contributed by atoms with Crippen LogP contribution in [-0.2, 0) is 6.42 Å². The number of rotatable bonds is 4. The molecular formula is C19H27NO. The molecule has 1 aromatic carbocycles. The first-order valence-corrected chi connectivity index (χ1v) is 8.64. The minimum absolute atomic E-state index is 0.0370. The van der Waals surface area contributed by atoms with Crippen LogP contribution in [0.3, 0.4) is 0 Å².